The predicted octanol–water partition coefficient (Wildman–Crippen LogP) is 4.45. The molecule has 3 aromatic heterocycles. The molecule has 0 radical (unpaired) electrons. The van der Waals surface area contributed by atoms with Crippen LogP contribution < -0.4 is 4.90 Å². The molecular weight excluding hydrogens is 379 g/mol. The zero-order valence-electron chi connectivity index (χ0n) is 12.2. The molecular formula is C16H14BrFN4S. The number of nitrogens with zero attached hydrogens (tertiary/aromatic N) is 4. The molecule has 1 aliphatic heterocycles. The van der Waals surface area contributed by atoms with Gasteiger partial charge in [-0.25, -0.2) is 19.3 Å². The molecule has 0 aromatic carbocycles. The number of rotatable bonds is 2. The highest BCUT2D eigenvalue weighted by atomic mass is 79.9. The quantitative estimate of drug-likeness (QED) is 0.645. The van der Waals surface area contributed by atoms with Crippen LogP contribution in [0.25, 0.3) is 20.9 Å². The number of alkyl halides is 1. The van der Waals surface area contributed by atoms with Crippen LogP contribution in [0.2, 0.25) is 0 Å². The predicted molar refractivity (Wildman–Crippen MR) is 94.7 cm³/mol. The van der Waals surface area contributed by atoms with E-state index in [4.69, 9.17) is 0 Å². The summed E-state index contributed by atoms with van der Waals surface area (Å²) in [7, 11) is 0. The van der Waals surface area contributed by atoms with Gasteiger partial charge in [-0.15, -0.1) is 11.3 Å². The van der Waals surface area contributed by atoms with Crippen molar-refractivity contribution < 1.29 is 4.39 Å². The van der Waals surface area contributed by atoms with Gasteiger partial charge in [-0.1, -0.05) is 0 Å². The van der Waals surface area contributed by atoms with E-state index in [0.29, 0.717) is 13.0 Å². The molecule has 1 atom stereocenters. The first-order chi connectivity index (χ1) is 11.2. The Morgan fingerprint density at radius 3 is 2.96 bits per heavy atom. The van der Waals surface area contributed by atoms with E-state index >= 15 is 0 Å². The largest absolute Gasteiger partial charge is 0.354 e. The first-order valence-corrected chi connectivity index (χ1v) is 9.07. The number of pyridine rings is 2. The second-order valence-corrected chi connectivity index (χ2v) is 7.53. The molecule has 1 fully saturated rings. The lowest BCUT2D eigenvalue weighted by molar-refractivity contribution is 0.286. The molecule has 4 nitrogen and oxygen atoms in total. The number of fused-ring (bicyclic) bond motifs is 1. The van der Waals surface area contributed by atoms with E-state index in [9.17, 15) is 4.39 Å². The first kappa shape index (κ1) is 15.0. The van der Waals surface area contributed by atoms with Gasteiger partial charge in [0, 0.05) is 29.0 Å². The van der Waals surface area contributed by atoms with E-state index in [1.807, 2.05) is 29.3 Å². The molecule has 0 aliphatic carbocycles. The SMILES string of the molecule is F[C@@H]1CCCN(c2ccc(-c3nc4ncc(Br)cc4s3)cn2)C1. The summed E-state index contributed by atoms with van der Waals surface area (Å²) < 4.78 is 15.5. The second kappa shape index (κ2) is 6.13. The Bertz CT molecular complexity index is 836. The number of anilines is 1. The molecule has 0 spiro atoms. The van der Waals surface area contributed by atoms with Crippen molar-refractivity contribution in [3.8, 4) is 10.6 Å². The summed E-state index contributed by atoms with van der Waals surface area (Å²) in [5, 5.41) is 0.895. The van der Waals surface area contributed by atoms with Crippen LogP contribution in [-0.2, 0) is 0 Å². The van der Waals surface area contributed by atoms with Crippen LogP contribution in [0.3, 0.4) is 0 Å². The molecule has 23 heavy (non-hydrogen) atoms. The lowest BCUT2D eigenvalue weighted by Gasteiger charge is -2.29. The van der Waals surface area contributed by atoms with Gasteiger partial charge in [0.05, 0.1) is 11.2 Å². The van der Waals surface area contributed by atoms with Gasteiger partial charge in [-0.2, -0.15) is 0 Å². The van der Waals surface area contributed by atoms with Crippen molar-refractivity contribution in [3.63, 3.8) is 0 Å². The molecule has 0 saturated carbocycles. The minimum Gasteiger partial charge on any atom is -0.354 e. The maximum Gasteiger partial charge on any atom is 0.171 e. The summed E-state index contributed by atoms with van der Waals surface area (Å²) in [6, 6.07) is 5.96. The van der Waals surface area contributed by atoms with E-state index in [1.54, 1.807) is 17.5 Å². The average Bonchev–Trinajstić information content (AvgIpc) is 2.98. The summed E-state index contributed by atoms with van der Waals surface area (Å²) in [6.45, 7) is 1.30. The Labute approximate surface area is 145 Å². The highest BCUT2D eigenvalue weighted by Gasteiger charge is 2.20. The zero-order chi connectivity index (χ0) is 15.8. The Morgan fingerprint density at radius 1 is 1.26 bits per heavy atom. The van der Waals surface area contributed by atoms with Crippen molar-refractivity contribution in [2.24, 2.45) is 0 Å². The van der Waals surface area contributed by atoms with Crippen LogP contribution in [-0.4, -0.2) is 34.2 Å². The number of aromatic nitrogens is 3. The van der Waals surface area contributed by atoms with Gasteiger partial charge in [0.15, 0.2) is 5.65 Å². The number of hydrogen-bond acceptors (Lipinski definition) is 5. The fraction of sp³-hybridized carbons (Fsp3) is 0.312. The van der Waals surface area contributed by atoms with Crippen molar-refractivity contribution >= 4 is 43.4 Å². The number of halogens is 2. The Balaban J connectivity index is 1.61. The molecule has 0 unspecified atom stereocenters. The maximum atomic E-state index is 13.5. The van der Waals surface area contributed by atoms with Crippen molar-refractivity contribution in [2.75, 3.05) is 18.0 Å². The minimum atomic E-state index is -0.751. The number of hydrogen-bond donors (Lipinski definition) is 0. The van der Waals surface area contributed by atoms with Crippen molar-refractivity contribution in [2.45, 2.75) is 19.0 Å². The highest BCUT2D eigenvalue weighted by Crippen LogP contribution is 2.31. The van der Waals surface area contributed by atoms with E-state index in [-0.39, 0.29) is 0 Å². The molecule has 4 heterocycles. The summed E-state index contributed by atoms with van der Waals surface area (Å²) in [5.74, 6) is 0.832. The normalized spacial score (nSPS) is 18.5. The summed E-state index contributed by atoms with van der Waals surface area (Å²) in [5.41, 5.74) is 1.70. The molecule has 1 saturated heterocycles. The lowest BCUT2D eigenvalue weighted by atomic mass is 10.1. The fourth-order valence-electron chi connectivity index (χ4n) is 2.75. The summed E-state index contributed by atoms with van der Waals surface area (Å²) in [4.78, 5) is 15.4. The standard InChI is InChI=1S/C16H14BrFN4S/c17-11-6-13-15(20-8-11)21-16(23-13)10-3-4-14(19-7-10)22-5-1-2-12(18)9-22/h3-4,6-8,12H,1-2,5,9H2/t12-/m1/s1. The lowest BCUT2D eigenvalue weighted by Crippen LogP contribution is -2.36. The van der Waals surface area contributed by atoms with Crippen LogP contribution in [0.5, 0.6) is 0 Å². The van der Waals surface area contributed by atoms with Crippen LogP contribution >= 0.6 is 27.3 Å². The van der Waals surface area contributed by atoms with Gasteiger partial charge in [0.25, 0.3) is 0 Å². The molecule has 118 valence electrons. The van der Waals surface area contributed by atoms with Gasteiger partial charge in [-0.05, 0) is 47.0 Å². The van der Waals surface area contributed by atoms with E-state index in [0.717, 1.165) is 44.2 Å². The topological polar surface area (TPSA) is 41.9 Å². The van der Waals surface area contributed by atoms with Crippen LogP contribution in [0.1, 0.15) is 12.8 Å². The van der Waals surface area contributed by atoms with Gasteiger partial charge < -0.3 is 4.90 Å². The smallest absolute Gasteiger partial charge is 0.171 e. The van der Waals surface area contributed by atoms with Crippen LogP contribution in [0.15, 0.2) is 35.1 Å². The van der Waals surface area contributed by atoms with Crippen LogP contribution in [0, 0.1) is 0 Å². The van der Waals surface area contributed by atoms with Crippen LogP contribution in [0.4, 0.5) is 10.2 Å². The Hall–Kier alpha value is -1.60. The molecule has 3 aromatic rings. The third kappa shape index (κ3) is 3.07. The highest BCUT2D eigenvalue weighted by molar-refractivity contribution is 9.10. The zero-order valence-corrected chi connectivity index (χ0v) is 14.6. The molecule has 7 heteroatoms. The van der Waals surface area contributed by atoms with Crippen molar-refractivity contribution in [3.05, 3.63) is 35.1 Å². The van der Waals surface area contributed by atoms with Gasteiger partial charge in [0.2, 0.25) is 0 Å². The molecule has 0 N–H and O–H groups in total. The summed E-state index contributed by atoms with van der Waals surface area (Å²) >= 11 is 5.01. The summed E-state index contributed by atoms with van der Waals surface area (Å²) in [6.07, 6.45) is 4.34. The van der Waals surface area contributed by atoms with Gasteiger partial charge in [-0.3, -0.25) is 0 Å². The minimum absolute atomic E-state index is 0.436. The Kier molecular flexibility index (Phi) is 3.98. The fourth-order valence-corrected chi connectivity index (χ4v) is 4.19. The maximum absolute atomic E-state index is 13.5. The third-order valence-electron chi connectivity index (χ3n) is 3.90. The van der Waals surface area contributed by atoms with E-state index in [1.165, 1.54) is 0 Å². The first-order valence-electron chi connectivity index (χ1n) is 7.46. The van der Waals surface area contributed by atoms with E-state index < -0.39 is 6.17 Å². The van der Waals surface area contributed by atoms with Gasteiger partial charge >= 0.3 is 0 Å². The van der Waals surface area contributed by atoms with Crippen molar-refractivity contribution in [1.82, 2.24) is 15.0 Å². The van der Waals surface area contributed by atoms with Crippen molar-refractivity contribution in [1.29, 1.82) is 0 Å². The molecule has 0 bridgehead atoms. The molecule has 1 aliphatic rings. The molecule has 4 rings (SSSR count). The monoisotopic (exact) mass is 392 g/mol. The average molecular weight is 393 g/mol. The second-order valence-electron chi connectivity index (χ2n) is 5.58. The Morgan fingerprint density at radius 2 is 2.17 bits per heavy atom. The third-order valence-corrected chi connectivity index (χ3v) is 5.37. The van der Waals surface area contributed by atoms with E-state index in [2.05, 4.69) is 30.9 Å². The molecule has 0 amide bonds. The number of piperidine rings is 1. The van der Waals surface area contributed by atoms with Gasteiger partial charge in [0.1, 0.15) is 17.0 Å². The number of thiazole rings is 1.